The van der Waals surface area contributed by atoms with Gasteiger partial charge in [-0.15, -0.1) is 0 Å². The van der Waals surface area contributed by atoms with Crippen molar-refractivity contribution in [3.63, 3.8) is 0 Å². The molecule has 0 aromatic carbocycles. The fourth-order valence-corrected chi connectivity index (χ4v) is 3.61. The summed E-state index contributed by atoms with van der Waals surface area (Å²) in [5.74, 6) is 0.690. The number of likely N-dealkylation sites (tertiary alicyclic amines) is 1. The van der Waals surface area contributed by atoms with E-state index in [9.17, 15) is 4.79 Å². The van der Waals surface area contributed by atoms with Crippen molar-refractivity contribution in [3.8, 4) is 5.88 Å². The summed E-state index contributed by atoms with van der Waals surface area (Å²) in [6, 6.07) is 9.37. The average molecular weight is 327 g/mol. The summed E-state index contributed by atoms with van der Waals surface area (Å²) >= 11 is 0. The second-order valence-electron chi connectivity index (χ2n) is 6.59. The Hall–Kier alpha value is -2.34. The van der Waals surface area contributed by atoms with E-state index in [1.54, 1.807) is 6.20 Å². The Bertz CT molecular complexity index is 730. The molecule has 0 N–H and O–H groups in total. The van der Waals surface area contributed by atoms with Crippen molar-refractivity contribution in [2.75, 3.05) is 19.7 Å². The number of amides is 1. The zero-order valence-electron chi connectivity index (χ0n) is 13.7. The first kappa shape index (κ1) is 15.2. The van der Waals surface area contributed by atoms with Crippen molar-refractivity contribution in [3.05, 3.63) is 48.4 Å². The van der Waals surface area contributed by atoms with Crippen molar-refractivity contribution in [2.24, 2.45) is 7.05 Å². The van der Waals surface area contributed by atoms with Crippen LogP contribution in [0.25, 0.3) is 0 Å². The fraction of sp³-hybridized carbons (Fsp3) is 0.444. The molecule has 1 spiro atoms. The Kier molecular flexibility index (Phi) is 3.76. The second kappa shape index (κ2) is 5.94. The van der Waals surface area contributed by atoms with Crippen LogP contribution >= 0.6 is 0 Å². The van der Waals surface area contributed by atoms with Crippen molar-refractivity contribution in [1.82, 2.24) is 14.5 Å². The summed E-state index contributed by atoms with van der Waals surface area (Å²) < 4.78 is 13.8. The number of carbonyl (C=O) groups excluding carboxylic acids is 1. The molecule has 24 heavy (non-hydrogen) atoms. The molecule has 0 aliphatic carbocycles. The second-order valence-corrected chi connectivity index (χ2v) is 6.59. The number of nitrogens with zero attached hydrogens (tertiary/aromatic N) is 3. The quantitative estimate of drug-likeness (QED) is 0.864. The third kappa shape index (κ3) is 2.78. The van der Waals surface area contributed by atoms with Gasteiger partial charge in [0.25, 0.3) is 5.91 Å². The van der Waals surface area contributed by atoms with Crippen LogP contribution in [0.1, 0.15) is 23.3 Å². The molecule has 4 rings (SSSR count). The summed E-state index contributed by atoms with van der Waals surface area (Å²) in [5.41, 5.74) is 0.437. The molecule has 2 aromatic rings. The molecule has 2 aliphatic heterocycles. The van der Waals surface area contributed by atoms with Gasteiger partial charge in [-0.2, -0.15) is 0 Å². The minimum Gasteiger partial charge on any atom is -0.472 e. The number of aryl methyl sites for hydroxylation is 1. The van der Waals surface area contributed by atoms with Crippen LogP contribution in [0.4, 0.5) is 0 Å². The number of carbonyl (C=O) groups is 1. The van der Waals surface area contributed by atoms with Crippen molar-refractivity contribution < 1.29 is 14.3 Å². The lowest BCUT2D eigenvalue weighted by Crippen LogP contribution is -2.36. The van der Waals surface area contributed by atoms with Crippen LogP contribution in [0.15, 0.2) is 42.7 Å². The highest BCUT2D eigenvalue weighted by atomic mass is 16.6. The Morgan fingerprint density at radius 2 is 2.29 bits per heavy atom. The number of hydrogen-bond donors (Lipinski definition) is 0. The lowest BCUT2D eigenvalue weighted by molar-refractivity contribution is 0.00976. The van der Waals surface area contributed by atoms with Crippen molar-refractivity contribution in [1.29, 1.82) is 0 Å². The molecular weight excluding hydrogens is 306 g/mol. The van der Waals surface area contributed by atoms with Gasteiger partial charge in [-0.05, 0) is 24.6 Å². The molecule has 0 bridgehead atoms. The van der Waals surface area contributed by atoms with Crippen LogP contribution in [0.5, 0.6) is 5.88 Å². The molecule has 2 saturated heterocycles. The smallest absolute Gasteiger partial charge is 0.270 e. The topological polar surface area (TPSA) is 56.6 Å². The van der Waals surface area contributed by atoms with Crippen LogP contribution < -0.4 is 4.74 Å². The van der Waals surface area contributed by atoms with Gasteiger partial charge in [-0.3, -0.25) is 4.79 Å². The van der Waals surface area contributed by atoms with Gasteiger partial charge in [0, 0.05) is 38.5 Å². The molecule has 126 valence electrons. The van der Waals surface area contributed by atoms with Gasteiger partial charge in [0.15, 0.2) is 0 Å². The summed E-state index contributed by atoms with van der Waals surface area (Å²) in [6.45, 7) is 1.89. The SMILES string of the molecule is Cn1cccc1C(=O)N1CC[C@]2(C[C@@H](Oc3ccccn3)CO2)C1. The fourth-order valence-electron chi connectivity index (χ4n) is 3.61. The minimum absolute atomic E-state index is 0.00927. The summed E-state index contributed by atoms with van der Waals surface area (Å²) in [5, 5.41) is 0. The number of hydrogen-bond acceptors (Lipinski definition) is 4. The highest BCUT2D eigenvalue weighted by Crippen LogP contribution is 2.36. The van der Waals surface area contributed by atoms with E-state index in [4.69, 9.17) is 9.47 Å². The largest absolute Gasteiger partial charge is 0.472 e. The maximum Gasteiger partial charge on any atom is 0.270 e. The Labute approximate surface area is 141 Å². The van der Waals surface area contributed by atoms with Gasteiger partial charge in [0.05, 0.1) is 18.8 Å². The van der Waals surface area contributed by atoms with Crippen LogP contribution in [-0.2, 0) is 11.8 Å². The zero-order chi connectivity index (χ0) is 16.6. The summed E-state index contributed by atoms with van der Waals surface area (Å²) in [7, 11) is 1.89. The van der Waals surface area contributed by atoms with Crippen LogP contribution in [-0.4, -0.2) is 51.8 Å². The van der Waals surface area contributed by atoms with E-state index in [2.05, 4.69) is 4.98 Å². The molecular formula is C18H21N3O3. The number of rotatable bonds is 3. The molecule has 0 saturated carbocycles. The van der Waals surface area contributed by atoms with E-state index in [1.165, 1.54) is 0 Å². The zero-order valence-corrected chi connectivity index (χ0v) is 13.7. The van der Waals surface area contributed by atoms with E-state index < -0.39 is 0 Å². The maximum absolute atomic E-state index is 12.6. The van der Waals surface area contributed by atoms with E-state index >= 15 is 0 Å². The first-order chi connectivity index (χ1) is 11.7. The Balaban J connectivity index is 1.40. The number of pyridine rings is 1. The van der Waals surface area contributed by atoms with E-state index in [0.29, 0.717) is 24.7 Å². The van der Waals surface area contributed by atoms with Crippen molar-refractivity contribution in [2.45, 2.75) is 24.5 Å². The van der Waals surface area contributed by atoms with Gasteiger partial charge in [0.1, 0.15) is 11.8 Å². The standard InChI is InChI=1S/C18H21N3O3/c1-20-9-4-5-15(20)17(22)21-10-7-18(13-21)11-14(12-23-18)24-16-6-2-3-8-19-16/h2-6,8-9,14H,7,10-13H2,1H3/t14-,18+/m1/s1. The van der Waals surface area contributed by atoms with Crippen molar-refractivity contribution >= 4 is 5.91 Å². The predicted molar refractivity (Wildman–Crippen MR) is 87.9 cm³/mol. The van der Waals surface area contributed by atoms with Crippen LogP contribution in [0.2, 0.25) is 0 Å². The predicted octanol–water partition coefficient (Wildman–Crippen LogP) is 1.87. The lowest BCUT2D eigenvalue weighted by Gasteiger charge is -2.23. The molecule has 1 amide bonds. The molecule has 2 aliphatic rings. The van der Waals surface area contributed by atoms with Gasteiger partial charge in [-0.25, -0.2) is 4.98 Å². The molecule has 0 radical (unpaired) electrons. The highest BCUT2D eigenvalue weighted by molar-refractivity contribution is 5.93. The van der Waals surface area contributed by atoms with Crippen LogP contribution in [0.3, 0.4) is 0 Å². The Morgan fingerprint density at radius 3 is 3.04 bits per heavy atom. The van der Waals surface area contributed by atoms with Gasteiger partial charge < -0.3 is 18.9 Å². The van der Waals surface area contributed by atoms with Gasteiger partial charge in [-0.1, -0.05) is 6.07 Å². The summed E-state index contributed by atoms with van der Waals surface area (Å²) in [4.78, 5) is 18.7. The third-order valence-corrected chi connectivity index (χ3v) is 4.87. The first-order valence-corrected chi connectivity index (χ1v) is 8.27. The van der Waals surface area contributed by atoms with E-state index in [-0.39, 0.29) is 17.6 Å². The van der Waals surface area contributed by atoms with Crippen LogP contribution in [0, 0.1) is 0 Å². The molecule has 0 unspecified atom stereocenters. The molecule has 6 nitrogen and oxygen atoms in total. The maximum atomic E-state index is 12.6. The highest BCUT2D eigenvalue weighted by Gasteiger charge is 2.47. The first-order valence-electron chi connectivity index (χ1n) is 8.27. The van der Waals surface area contributed by atoms with Gasteiger partial charge >= 0.3 is 0 Å². The number of aromatic nitrogens is 2. The third-order valence-electron chi connectivity index (χ3n) is 4.87. The molecule has 6 heteroatoms. The van der Waals surface area contributed by atoms with E-state index in [0.717, 1.165) is 19.4 Å². The van der Waals surface area contributed by atoms with E-state index in [1.807, 2.05) is 53.0 Å². The molecule has 2 atom stereocenters. The molecule has 2 fully saturated rings. The minimum atomic E-state index is -0.278. The molecule has 2 aromatic heterocycles. The normalized spacial score (nSPS) is 26.2. The number of ether oxygens (including phenoxy) is 2. The molecule has 4 heterocycles. The lowest BCUT2D eigenvalue weighted by atomic mass is 9.98. The summed E-state index contributed by atoms with van der Waals surface area (Å²) in [6.07, 6.45) is 5.25. The van der Waals surface area contributed by atoms with Gasteiger partial charge in [0.2, 0.25) is 5.88 Å². The average Bonchev–Trinajstić information content (AvgIpc) is 3.30. The Morgan fingerprint density at radius 1 is 1.38 bits per heavy atom. The monoisotopic (exact) mass is 327 g/mol.